The molecule has 0 aromatic carbocycles. The maximum Gasteiger partial charge on any atom is 0.225 e. The standard InChI is InChI=1S/C21H32N2O2/c1-19-11-14-17(23-25-18(14)22)10-12(19)4-5-13-15(19)6-8-20(2)16(13)7-9-21(20,3)24/h12-13,15-16,24H,4-11,22H2,1-3H3/t12-,13+,15-,16-,19-,20-,21-/m0/s1. The molecular weight excluding hydrogens is 312 g/mol. The smallest absolute Gasteiger partial charge is 0.225 e. The molecule has 7 atom stereocenters. The highest BCUT2D eigenvalue weighted by atomic mass is 16.5. The third-order valence-electron chi connectivity index (χ3n) is 9.52. The minimum Gasteiger partial charge on any atom is -0.390 e. The quantitative estimate of drug-likeness (QED) is 0.747. The number of hydrogen-bond donors (Lipinski definition) is 2. The number of hydrogen-bond acceptors (Lipinski definition) is 4. The van der Waals surface area contributed by atoms with Crippen LogP contribution in [0.25, 0.3) is 0 Å². The van der Waals surface area contributed by atoms with Crippen molar-refractivity contribution in [2.45, 2.75) is 77.7 Å². The van der Waals surface area contributed by atoms with Gasteiger partial charge in [-0.05, 0) is 92.8 Å². The molecule has 0 aliphatic heterocycles. The fourth-order valence-electron chi connectivity index (χ4n) is 7.71. The van der Waals surface area contributed by atoms with Crippen molar-refractivity contribution < 1.29 is 9.63 Å². The lowest BCUT2D eigenvalue weighted by Crippen LogP contribution is -2.56. The fraction of sp³-hybridized carbons (Fsp3) is 0.857. The molecule has 25 heavy (non-hydrogen) atoms. The van der Waals surface area contributed by atoms with Crippen LogP contribution in [-0.2, 0) is 12.8 Å². The summed E-state index contributed by atoms with van der Waals surface area (Å²) in [6, 6.07) is 0. The van der Waals surface area contributed by atoms with Gasteiger partial charge in [0.1, 0.15) is 0 Å². The van der Waals surface area contributed by atoms with Crippen molar-refractivity contribution in [3.05, 3.63) is 11.3 Å². The highest BCUT2D eigenvalue weighted by Crippen LogP contribution is 2.67. The maximum atomic E-state index is 11.0. The van der Waals surface area contributed by atoms with E-state index in [0.29, 0.717) is 23.1 Å². The summed E-state index contributed by atoms with van der Waals surface area (Å²) < 4.78 is 5.31. The Morgan fingerprint density at radius 3 is 2.64 bits per heavy atom. The number of aliphatic hydroxyl groups is 1. The van der Waals surface area contributed by atoms with E-state index in [1.165, 1.54) is 37.7 Å². The first-order valence-electron chi connectivity index (χ1n) is 10.2. The Morgan fingerprint density at radius 1 is 1.08 bits per heavy atom. The van der Waals surface area contributed by atoms with Gasteiger partial charge in [-0.2, -0.15) is 0 Å². The Kier molecular flexibility index (Phi) is 3.12. The van der Waals surface area contributed by atoms with E-state index >= 15 is 0 Å². The maximum absolute atomic E-state index is 11.0. The number of aromatic nitrogens is 1. The van der Waals surface area contributed by atoms with E-state index in [2.05, 4.69) is 25.9 Å². The molecule has 3 N–H and O–H groups in total. The summed E-state index contributed by atoms with van der Waals surface area (Å²) in [4.78, 5) is 0. The van der Waals surface area contributed by atoms with Crippen LogP contribution in [0, 0.1) is 34.5 Å². The van der Waals surface area contributed by atoms with Crippen molar-refractivity contribution in [1.82, 2.24) is 5.16 Å². The molecule has 4 aliphatic carbocycles. The number of anilines is 1. The molecule has 5 rings (SSSR count). The molecule has 138 valence electrons. The van der Waals surface area contributed by atoms with Crippen molar-refractivity contribution in [1.29, 1.82) is 0 Å². The first kappa shape index (κ1) is 16.2. The second-order valence-corrected chi connectivity index (χ2v) is 10.3. The lowest BCUT2D eigenvalue weighted by molar-refractivity contribution is -0.139. The van der Waals surface area contributed by atoms with Crippen LogP contribution in [0.3, 0.4) is 0 Å². The molecule has 0 unspecified atom stereocenters. The predicted molar refractivity (Wildman–Crippen MR) is 96.8 cm³/mol. The predicted octanol–water partition coefficient (Wildman–Crippen LogP) is 3.97. The fourth-order valence-corrected chi connectivity index (χ4v) is 7.71. The van der Waals surface area contributed by atoms with Crippen LogP contribution < -0.4 is 5.73 Å². The Morgan fingerprint density at radius 2 is 1.84 bits per heavy atom. The summed E-state index contributed by atoms with van der Waals surface area (Å²) in [6.45, 7) is 6.97. The van der Waals surface area contributed by atoms with Gasteiger partial charge in [0.05, 0.1) is 11.3 Å². The van der Waals surface area contributed by atoms with Crippen LogP contribution in [0.1, 0.15) is 70.6 Å². The van der Waals surface area contributed by atoms with Crippen molar-refractivity contribution in [2.75, 3.05) is 5.73 Å². The van der Waals surface area contributed by atoms with Gasteiger partial charge in [0, 0.05) is 5.56 Å². The number of fused-ring (bicyclic) bond motifs is 6. The van der Waals surface area contributed by atoms with Crippen molar-refractivity contribution in [3.63, 3.8) is 0 Å². The van der Waals surface area contributed by atoms with E-state index in [-0.39, 0.29) is 5.41 Å². The van der Waals surface area contributed by atoms with E-state index < -0.39 is 5.60 Å². The highest BCUT2D eigenvalue weighted by molar-refractivity contribution is 5.42. The van der Waals surface area contributed by atoms with Crippen LogP contribution in [0.4, 0.5) is 5.88 Å². The van der Waals surface area contributed by atoms with Gasteiger partial charge < -0.3 is 15.4 Å². The van der Waals surface area contributed by atoms with Gasteiger partial charge in [-0.15, -0.1) is 0 Å². The molecule has 0 spiro atoms. The molecule has 1 aromatic rings. The normalized spacial score (nSPS) is 51.4. The number of nitrogen functional groups attached to an aromatic ring is 1. The SMILES string of the molecule is C[C@]12Cc3c(noc3N)C[C@@H]1CC[C@@H]1[C@@H]2CC[C@@]2(C)[C@H]1CC[C@]2(C)O. The second kappa shape index (κ2) is 4.82. The Balaban J connectivity index is 1.51. The lowest BCUT2D eigenvalue weighted by atomic mass is 9.44. The lowest BCUT2D eigenvalue weighted by Gasteiger charge is -2.60. The minimum absolute atomic E-state index is 0.105. The van der Waals surface area contributed by atoms with E-state index in [9.17, 15) is 5.11 Å². The molecule has 3 fully saturated rings. The Labute approximate surface area is 150 Å². The van der Waals surface area contributed by atoms with Crippen LogP contribution in [-0.4, -0.2) is 15.9 Å². The molecule has 1 heterocycles. The highest BCUT2D eigenvalue weighted by Gasteiger charge is 2.63. The van der Waals surface area contributed by atoms with Crippen LogP contribution in [0.15, 0.2) is 4.52 Å². The first-order chi connectivity index (χ1) is 11.8. The second-order valence-electron chi connectivity index (χ2n) is 10.3. The zero-order chi connectivity index (χ0) is 17.6. The average Bonchev–Trinajstić information content (AvgIpc) is 3.02. The zero-order valence-electron chi connectivity index (χ0n) is 15.8. The number of nitrogens with two attached hydrogens (primary N) is 1. The van der Waals surface area contributed by atoms with Gasteiger partial charge in [0.25, 0.3) is 0 Å². The molecule has 0 amide bonds. The largest absolute Gasteiger partial charge is 0.390 e. The zero-order valence-corrected chi connectivity index (χ0v) is 15.8. The van der Waals surface area contributed by atoms with E-state index in [4.69, 9.17) is 10.3 Å². The summed E-state index contributed by atoms with van der Waals surface area (Å²) in [5, 5.41) is 15.3. The summed E-state index contributed by atoms with van der Waals surface area (Å²) in [5.74, 6) is 3.44. The Hall–Kier alpha value is -1.03. The van der Waals surface area contributed by atoms with Gasteiger partial charge in [-0.1, -0.05) is 19.0 Å². The van der Waals surface area contributed by atoms with Gasteiger partial charge in [-0.3, -0.25) is 0 Å². The molecule has 4 nitrogen and oxygen atoms in total. The molecule has 0 saturated heterocycles. The van der Waals surface area contributed by atoms with Crippen LogP contribution in [0.2, 0.25) is 0 Å². The van der Waals surface area contributed by atoms with E-state index in [1.807, 2.05) is 0 Å². The Bertz CT molecular complexity index is 711. The summed E-state index contributed by atoms with van der Waals surface area (Å²) in [5.41, 5.74) is 8.32. The van der Waals surface area contributed by atoms with Crippen LogP contribution in [0.5, 0.6) is 0 Å². The van der Waals surface area contributed by atoms with Gasteiger partial charge in [0.15, 0.2) is 0 Å². The molecule has 0 bridgehead atoms. The first-order valence-corrected chi connectivity index (χ1v) is 10.2. The molecule has 4 heteroatoms. The molecule has 1 aromatic heterocycles. The van der Waals surface area contributed by atoms with Crippen molar-refractivity contribution in [3.8, 4) is 0 Å². The van der Waals surface area contributed by atoms with Crippen molar-refractivity contribution in [2.24, 2.45) is 34.5 Å². The summed E-state index contributed by atoms with van der Waals surface area (Å²) >= 11 is 0. The van der Waals surface area contributed by atoms with Crippen LogP contribution >= 0.6 is 0 Å². The summed E-state index contributed by atoms with van der Waals surface area (Å²) in [7, 11) is 0. The van der Waals surface area contributed by atoms with Gasteiger partial charge >= 0.3 is 0 Å². The third kappa shape index (κ3) is 1.90. The van der Waals surface area contributed by atoms with Gasteiger partial charge in [0.2, 0.25) is 5.88 Å². The van der Waals surface area contributed by atoms with Gasteiger partial charge in [-0.25, -0.2) is 0 Å². The van der Waals surface area contributed by atoms with E-state index in [1.54, 1.807) is 0 Å². The topological polar surface area (TPSA) is 72.3 Å². The minimum atomic E-state index is -0.487. The summed E-state index contributed by atoms with van der Waals surface area (Å²) in [6.07, 6.45) is 9.27. The average molecular weight is 344 g/mol. The number of rotatable bonds is 0. The third-order valence-corrected chi connectivity index (χ3v) is 9.52. The molecular formula is C21H32N2O2. The van der Waals surface area contributed by atoms with Crippen molar-refractivity contribution >= 4 is 5.88 Å². The van der Waals surface area contributed by atoms with E-state index in [0.717, 1.165) is 36.8 Å². The molecule has 0 radical (unpaired) electrons. The monoisotopic (exact) mass is 344 g/mol. The molecule has 4 aliphatic rings. The molecule has 3 saturated carbocycles. The number of nitrogens with zero attached hydrogens (tertiary/aromatic N) is 1.